The number of nitrogens with one attached hydrogen (secondary N) is 1. The maximum atomic E-state index is 12.5. The minimum absolute atomic E-state index is 0.00465. The third kappa shape index (κ3) is 3.08. The van der Waals surface area contributed by atoms with Crippen LogP contribution in [0.25, 0.3) is 5.52 Å². The number of aryl methyl sites for hydroxylation is 1. The monoisotopic (exact) mass is 391 g/mol. The van der Waals surface area contributed by atoms with Gasteiger partial charge < -0.3 is 5.10 Å². The van der Waals surface area contributed by atoms with Crippen molar-refractivity contribution in [1.29, 1.82) is 0 Å². The Balaban J connectivity index is 0.000000153. The van der Waals surface area contributed by atoms with Crippen molar-refractivity contribution in [2.45, 2.75) is 44.2 Å². The van der Waals surface area contributed by atoms with Gasteiger partial charge in [0.05, 0.1) is 24.0 Å². The second kappa shape index (κ2) is 7.16. The van der Waals surface area contributed by atoms with Crippen molar-refractivity contribution >= 4 is 5.52 Å². The molecule has 148 valence electrons. The molecule has 1 saturated carbocycles. The molecule has 0 saturated heterocycles. The highest BCUT2D eigenvalue weighted by Crippen LogP contribution is 2.32. The first kappa shape index (κ1) is 17.6. The molecule has 1 N–H and O–H groups in total. The van der Waals surface area contributed by atoms with Crippen LogP contribution in [0.1, 0.15) is 49.3 Å². The second-order valence-corrected chi connectivity index (χ2v) is 7.37. The molecule has 1 aliphatic carbocycles. The second-order valence-electron chi connectivity index (χ2n) is 7.37. The lowest BCUT2D eigenvalue weighted by atomic mass is 9.93. The SMILES string of the molecule is O=c1cc[nH]n2cccc12.O=c1n(C2CCC2)nc2n1C(c1cnccn1)CC2. The molecule has 0 amide bonds. The molecule has 1 unspecified atom stereocenters. The molecule has 2 aliphatic rings. The fourth-order valence-electron chi connectivity index (χ4n) is 3.92. The molecule has 0 aromatic carbocycles. The lowest BCUT2D eigenvalue weighted by Gasteiger charge is -2.24. The fraction of sp³-hybridized carbons (Fsp3) is 0.350. The molecule has 4 aromatic rings. The summed E-state index contributed by atoms with van der Waals surface area (Å²) in [6.45, 7) is 0. The van der Waals surface area contributed by atoms with E-state index in [0.29, 0.717) is 11.6 Å². The summed E-state index contributed by atoms with van der Waals surface area (Å²) in [4.78, 5) is 31.9. The molecule has 1 atom stereocenters. The van der Waals surface area contributed by atoms with E-state index < -0.39 is 0 Å². The molecule has 6 rings (SSSR count). The maximum Gasteiger partial charge on any atom is 0.346 e. The predicted molar refractivity (Wildman–Crippen MR) is 106 cm³/mol. The van der Waals surface area contributed by atoms with E-state index in [9.17, 15) is 9.59 Å². The van der Waals surface area contributed by atoms with Gasteiger partial charge in [0.1, 0.15) is 11.3 Å². The van der Waals surface area contributed by atoms with Crippen molar-refractivity contribution in [3.05, 3.63) is 81.4 Å². The van der Waals surface area contributed by atoms with Crippen molar-refractivity contribution in [3.8, 4) is 0 Å². The molecule has 5 heterocycles. The van der Waals surface area contributed by atoms with Gasteiger partial charge in [0.2, 0.25) is 5.43 Å². The zero-order valence-electron chi connectivity index (χ0n) is 15.8. The predicted octanol–water partition coefficient (Wildman–Crippen LogP) is 1.72. The molecule has 1 aliphatic heterocycles. The zero-order valence-corrected chi connectivity index (χ0v) is 15.8. The summed E-state index contributed by atoms with van der Waals surface area (Å²) in [7, 11) is 0. The van der Waals surface area contributed by atoms with Crippen molar-refractivity contribution in [2.24, 2.45) is 0 Å². The largest absolute Gasteiger partial charge is 0.346 e. The molecular formula is C20H21N7O2. The number of hydrogen-bond donors (Lipinski definition) is 1. The summed E-state index contributed by atoms with van der Waals surface area (Å²) in [5, 5.41) is 7.40. The summed E-state index contributed by atoms with van der Waals surface area (Å²) < 4.78 is 5.17. The minimum Gasteiger partial charge on any atom is -0.301 e. The molecule has 4 aromatic heterocycles. The minimum atomic E-state index is 0.00465. The molecule has 0 bridgehead atoms. The number of nitrogens with zero attached hydrogens (tertiary/aromatic N) is 6. The average molecular weight is 391 g/mol. The van der Waals surface area contributed by atoms with Crippen molar-refractivity contribution in [3.63, 3.8) is 0 Å². The Morgan fingerprint density at radius 3 is 2.72 bits per heavy atom. The molecule has 29 heavy (non-hydrogen) atoms. The van der Waals surface area contributed by atoms with E-state index in [0.717, 1.165) is 37.2 Å². The van der Waals surface area contributed by atoms with E-state index in [1.54, 1.807) is 46.2 Å². The van der Waals surface area contributed by atoms with Crippen LogP contribution in [0.2, 0.25) is 0 Å². The lowest BCUT2D eigenvalue weighted by Crippen LogP contribution is -2.32. The third-order valence-electron chi connectivity index (χ3n) is 5.65. The van der Waals surface area contributed by atoms with Gasteiger partial charge in [-0.05, 0) is 37.8 Å². The average Bonchev–Trinajstić information content (AvgIpc) is 3.40. The van der Waals surface area contributed by atoms with E-state index in [-0.39, 0.29) is 17.2 Å². The number of rotatable bonds is 2. The van der Waals surface area contributed by atoms with Gasteiger partial charge in [-0.3, -0.25) is 23.8 Å². The Morgan fingerprint density at radius 1 is 1.10 bits per heavy atom. The first-order valence-corrected chi connectivity index (χ1v) is 9.83. The zero-order chi connectivity index (χ0) is 19.8. The lowest BCUT2D eigenvalue weighted by molar-refractivity contribution is 0.277. The van der Waals surface area contributed by atoms with Crippen molar-refractivity contribution in [1.82, 2.24) is 33.9 Å². The normalized spacial score (nSPS) is 18.1. The highest BCUT2D eigenvalue weighted by Gasteiger charge is 2.32. The Labute approximate surface area is 165 Å². The van der Waals surface area contributed by atoms with Gasteiger partial charge >= 0.3 is 5.69 Å². The molecule has 1 fully saturated rings. The van der Waals surface area contributed by atoms with Crippen LogP contribution in [0.3, 0.4) is 0 Å². The number of aromatic nitrogens is 7. The van der Waals surface area contributed by atoms with Crippen LogP contribution < -0.4 is 11.1 Å². The van der Waals surface area contributed by atoms with E-state index in [1.807, 2.05) is 10.6 Å². The van der Waals surface area contributed by atoms with Crippen LogP contribution in [0.5, 0.6) is 0 Å². The number of H-pyrrole nitrogens is 1. The van der Waals surface area contributed by atoms with E-state index >= 15 is 0 Å². The Hall–Kier alpha value is -3.49. The Bertz CT molecular complexity index is 1250. The molecular weight excluding hydrogens is 370 g/mol. The summed E-state index contributed by atoms with van der Waals surface area (Å²) >= 11 is 0. The quantitative estimate of drug-likeness (QED) is 0.560. The highest BCUT2D eigenvalue weighted by atomic mass is 16.2. The van der Waals surface area contributed by atoms with Crippen LogP contribution in [0.4, 0.5) is 0 Å². The smallest absolute Gasteiger partial charge is 0.301 e. The van der Waals surface area contributed by atoms with Crippen LogP contribution in [0, 0.1) is 0 Å². The molecule has 9 nitrogen and oxygen atoms in total. The Morgan fingerprint density at radius 2 is 2.00 bits per heavy atom. The third-order valence-corrected chi connectivity index (χ3v) is 5.65. The van der Waals surface area contributed by atoms with E-state index in [4.69, 9.17) is 0 Å². The first-order valence-electron chi connectivity index (χ1n) is 9.83. The van der Waals surface area contributed by atoms with Gasteiger partial charge in [-0.25, -0.2) is 9.48 Å². The van der Waals surface area contributed by atoms with Gasteiger partial charge in [0, 0.05) is 37.3 Å². The van der Waals surface area contributed by atoms with Crippen LogP contribution in [-0.4, -0.2) is 33.9 Å². The van der Waals surface area contributed by atoms with Gasteiger partial charge in [0.25, 0.3) is 0 Å². The number of fused-ring (bicyclic) bond motifs is 2. The van der Waals surface area contributed by atoms with Gasteiger partial charge in [-0.15, -0.1) is 0 Å². The van der Waals surface area contributed by atoms with Crippen LogP contribution in [0.15, 0.2) is 58.8 Å². The van der Waals surface area contributed by atoms with E-state index in [1.165, 1.54) is 12.5 Å². The first-order chi connectivity index (χ1) is 14.2. The highest BCUT2D eigenvalue weighted by molar-refractivity contribution is 5.44. The summed E-state index contributed by atoms with van der Waals surface area (Å²) in [6, 6.07) is 5.43. The molecule has 9 heteroatoms. The topological polar surface area (TPSA) is 103 Å². The maximum absolute atomic E-state index is 12.5. The van der Waals surface area contributed by atoms with Gasteiger partial charge in [-0.1, -0.05) is 0 Å². The standard InChI is InChI=1S/C13H15N5O.C7H6N2O/c19-13-17-11(10-8-14-6-7-15-10)4-5-12(17)16-18(13)9-2-1-3-9;10-7-3-4-8-9-5-1-2-6(7)9/h6-9,11H,1-5H2;1-5,8H. The molecule has 0 radical (unpaired) electrons. The summed E-state index contributed by atoms with van der Waals surface area (Å²) in [6.07, 6.45) is 13.6. The number of aromatic amines is 1. The summed E-state index contributed by atoms with van der Waals surface area (Å²) in [5.74, 6) is 0.896. The molecule has 0 spiro atoms. The Kier molecular flexibility index (Phi) is 4.34. The summed E-state index contributed by atoms with van der Waals surface area (Å²) in [5.41, 5.74) is 1.61. The van der Waals surface area contributed by atoms with Crippen molar-refractivity contribution in [2.75, 3.05) is 0 Å². The van der Waals surface area contributed by atoms with Gasteiger partial charge in [-0.2, -0.15) is 5.10 Å². The fourth-order valence-corrected chi connectivity index (χ4v) is 3.92. The van der Waals surface area contributed by atoms with E-state index in [2.05, 4.69) is 20.2 Å². The van der Waals surface area contributed by atoms with Crippen LogP contribution in [-0.2, 0) is 6.42 Å². The van der Waals surface area contributed by atoms with Crippen LogP contribution >= 0.6 is 0 Å². The van der Waals surface area contributed by atoms with Gasteiger partial charge in [0.15, 0.2) is 0 Å². The van der Waals surface area contributed by atoms with Crippen molar-refractivity contribution < 1.29 is 0 Å². The number of hydrogen-bond acceptors (Lipinski definition) is 5.